The van der Waals surface area contributed by atoms with Crippen molar-refractivity contribution in [2.24, 2.45) is 17.8 Å². The molecule has 0 aromatic heterocycles. The van der Waals surface area contributed by atoms with Crippen LogP contribution >= 0.6 is 0 Å². The second-order valence-corrected chi connectivity index (χ2v) is 15.1. The lowest BCUT2D eigenvalue weighted by Crippen LogP contribution is -2.67. The molecular weight excluding hydrogens is 414 g/mol. The fraction of sp³-hybridized carbons (Fsp3) is 0.783. The van der Waals surface area contributed by atoms with E-state index in [0.717, 1.165) is 19.3 Å². The Morgan fingerprint density at radius 3 is 2.55 bits per heavy atom. The summed E-state index contributed by atoms with van der Waals surface area (Å²) in [6, 6.07) is -0.300. The van der Waals surface area contributed by atoms with Crippen LogP contribution in [0.2, 0.25) is 18.1 Å². The minimum atomic E-state index is -1.84. The highest BCUT2D eigenvalue weighted by molar-refractivity contribution is 6.74. The minimum absolute atomic E-state index is 0.0459. The van der Waals surface area contributed by atoms with Gasteiger partial charge in [0.2, 0.25) is 5.91 Å². The van der Waals surface area contributed by atoms with Gasteiger partial charge in [-0.15, -0.1) is 0 Å². The molecule has 0 radical (unpaired) electrons. The zero-order valence-corrected chi connectivity index (χ0v) is 20.9. The molecule has 0 aromatic rings. The minimum Gasteiger partial charge on any atom is -0.430 e. The van der Waals surface area contributed by atoms with Crippen LogP contribution in [0.3, 0.4) is 0 Å². The number of rotatable bonds is 9. The number of Topliss-reactive ketones (excluding diaryl/α,β-unsaturated/α-hetero) is 1. The fourth-order valence-electron chi connectivity index (χ4n) is 4.15. The molecule has 1 heterocycles. The molecule has 0 spiro atoms. The van der Waals surface area contributed by atoms with E-state index in [2.05, 4.69) is 45.8 Å². The van der Waals surface area contributed by atoms with E-state index < -0.39 is 26.5 Å². The van der Waals surface area contributed by atoms with Gasteiger partial charge in [-0.1, -0.05) is 39.8 Å². The van der Waals surface area contributed by atoms with E-state index in [-0.39, 0.29) is 41.2 Å². The molecule has 0 bridgehead atoms. The predicted octanol–water partition coefficient (Wildman–Crippen LogP) is 4.23. The Kier molecular flexibility index (Phi) is 8.50. The van der Waals surface area contributed by atoms with Crippen LogP contribution in [0.15, 0.2) is 12.7 Å². The van der Waals surface area contributed by atoms with Gasteiger partial charge in [0.05, 0.1) is 12.0 Å². The number of hydrogen-bond acceptors (Lipinski definition) is 6. The maximum atomic E-state index is 13.2. The summed E-state index contributed by atoms with van der Waals surface area (Å²) >= 11 is 0. The van der Waals surface area contributed by atoms with Crippen molar-refractivity contribution in [1.82, 2.24) is 5.32 Å². The number of β-lactam (4-membered cyclic amide) rings is 1. The van der Waals surface area contributed by atoms with E-state index in [0.29, 0.717) is 13.0 Å². The van der Waals surface area contributed by atoms with Crippen LogP contribution in [-0.2, 0) is 23.5 Å². The van der Waals surface area contributed by atoms with E-state index in [1.807, 2.05) is 0 Å². The summed E-state index contributed by atoms with van der Waals surface area (Å²) in [5.41, 5.74) is 0. The third-order valence-electron chi connectivity index (χ3n) is 7.11. The first-order valence-corrected chi connectivity index (χ1v) is 14.2. The average molecular weight is 454 g/mol. The van der Waals surface area contributed by atoms with Gasteiger partial charge < -0.3 is 19.2 Å². The van der Waals surface area contributed by atoms with Gasteiger partial charge in [-0.25, -0.2) is 4.79 Å². The normalized spacial score (nSPS) is 27.7. The highest BCUT2D eigenvalue weighted by Gasteiger charge is 2.51. The Hall–Kier alpha value is -1.67. The van der Waals surface area contributed by atoms with Crippen LogP contribution in [0.5, 0.6) is 0 Å². The first-order valence-electron chi connectivity index (χ1n) is 11.3. The Balaban J connectivity index is 1.93. The van der Waals surface area contributed by atoms with Gasteiger partial charge in [0.15, 0.2) is 8.32 Å². The Morgan fingerprint density at radius 2 is 1.97 bits per heavy atom. The summed E-state index contributed by atoms with van der Waals surface area (Å²) < 4.78 is 16.4. The van der Waals surface area contributed by atoms with E-state index >= 15 is 0 Å². The number of hydrogen-bond donors (Lipinski definition) is 1. The van der Waals surface area contributed by atoms with Gasteiger partial charge in [0.1, 0.15) is 18.5 Å². The molecule has 0 aromatic carbocycles. The van der Waals surface area contributed by atoms with Crippen LogP contribution < -0.4 is 5.32 Å². The van der Waals surface area contributed by atoms with Crippen LogP contribution in [0.25, 0.3) is 0 Å². The second kappa shape index (κ2) is 10.3. The third kappa shape index (κ3) is 6.19. The van der Waals surface area contributed by atoms with E-state index in [9.17, 15) is 14.4 Å². The molecule has 31 heavy (non-hydrogen) atoms. The van der Waals surface area contributed by atoms with E-state index in [1.165, 1.54) is 6.08 Å². The van der Waals surface area contributed by atoms with Crippen LogP contribution in [-0.4, -0.2) is 51.5 Å². The molecule has 8 heteroatoms. The van der Waals surface area contributed by atoms with Gasteiger partial charge >= 0.3 is 6.16 Å². The Labute approximate surface area is 187 Å². The van der Waals surface area contributed by atoms with Crippen molar-refractivity contribution in [1.29, 1.82) is 0 Å². The first kappa shape index (κ1) is 25.6. The van der Waals surface area contributed by atoms with Gasteiger partial charge in [-0.2, -0.15) is 0 Å². The second-order valence-electron chi connectivity index (χ2n) is 10.3. The molecule has 176 valence electrons. The first-order chi connectivity index (χ1) is 14.4. The monoisotopic (exact) mass is 453 g/mol. The zero-order valence-electron chi connectivity index (χ0n) is 19.9. The summed E-state index contributed by atoms with van der Waals surface area (Å²) in [6.07, 6.45) is 3.21. The fourth-order valence-corrected chi connectivity index (χ4v) is 5.21. The SMILES string of the molecule is C=CCOC(=O)O[C@H](C)[C@H]1C(=O)N[C@@H]1[C@H]1CCCC(CCO[Si](C)(C)C(C)(C)C)C1=O. The molecule has 2 fully saturated rings. The maximum absolute atomic E-state index is 13.2. The van der Waals surface area contributed by atoms with Gasteiger partial charge in [-0.3, -0.25) is 9.59 Å². The van der Waals surface area contributed by atoms with Crippen LogP contribution in [0.4, 0.5) is 4.79 Å². The van der Waals surface area contributed by atoms with Crippen molar-refractivity contribution in [2.45, 2.75) is 83.7 Å². The lowest BCUT2D eigenvalue weighted by molar-refractivity contribution is -0.148. The van der Waals surface area contributed by atoms with E-state index in [4.69, 9.17) is 13.9 Å². The average Bonchev–Trinajstić information content (AvgIpc) is 2.65. The largest absolute Gasteiger partial charge is 0.508 e. The van der Waals surface area contributed by atoms with Crippen molar-refractivity contribution >= 4 is 26.2 Å². The lowest BCUT2D eigenvalue weighted by Gasteiger charge is -2.45. The van der Waals surface area contributed by atoms with Crippen molar-refractivity contribution in [3.8, 4) is 0 Å². The van der Waals surface area contributed by atoms with Crippen LogP contribution in [0.1, 0.15) is 53.4 Å². The molecular formula is C23H39NO6Si. The molecule has 1 saturated heterocycles. The molecule has 5 atom stereocenters. The number of nitrogens with one attached hydrogen (secondary N) is 1. The van der Waals surface area contributed by atoms with Gasteiger partial charge in [0.25, 0.3) is 0 Å². The van der Waals surface area contributed by atoms with Gasteiger partial charge in [0, 0.05) is 18.4 Å². The van der Waals surface area contributed by atoms with Crippen molar-refractivity contribution in [2.75, 3.05) is 13.2 Å². The molecule has 1 aliphatic heterocycles. The van der Waals surface area contributed by atoms with Gasteiger partial charge in [-0.05, 0) is 44.3 Å². The lowest BCUT2D eigenvalue weighted by atomic mass is 9.68. The molecule has 1 saturated carbocycles. The summed E-state index contributed by atoms with van der Waals surface area (Å²) in [4.78, 5) is 37.1. The van der Waals surface area contributed by atoms with Crippen molar-refractivity contribution < 1.29 is 28.3 Å². The highest BCUT2D eigenvalue weighted by atomic mass is 28.4. The number of ether oxygens (including phenoxy) is 2. The highest BCUT2D eigenvalue weighted by Crippen LogP contribution is 2.39. The van der Waals surface area contributed by atoms with Crippen LogP contribution in [0, 0.1) is 17.8 Å². The molecule has 1 N–H and O–H groups in total. The standard InChI is InChI=1S/C23H39NO6Si/c1-8-13-28-22(27)30-15(2)18-19(24-21(18)26)17-11-9-10-16(20(17)25)12-14-29-31(6,7)23(3,4)5/h8,15-19H,1,9-14H2,2-7H3,(H,24,26)/t15-,16?,17-,18-,19-/m1/s1. The quantitative estimate of drug-likeness (QED) is 0.243. The molecule has 1 aliphatic carbocycles. The Bertz CT molecular complexity index is 686. The summed E-state index contributed by atoms with van der Waals surface area (Å²) in [7, 11) is -1.84. The summed E-state index contributed by atoms with van der Waals surface area (Å²) in [6.45, 7) is 16.8. The molecule has 1 amide bonds. The Morgan fingerprint density at radius 1 is 1.29 bits per heavy atom. The van der Waals surface area contributed by atoms with Crippen molar-refractivity contribution in [3.63, 3.8) is 0 Å². The summed E-state index contributed by atoms with van der Waals surface area (Å²) in [5.74, 6) is -0.820. The van der Waals surface area contributed by atoms with Crippen molar-refractivity contribution in [3.05, 3.63) is 12.7 Å². The zero-order chi connectivity index (χ0) is 23.4. The number of amides is 1. The molecule has 2 rings (SSSR count). The maximum Gasteiger partial charge on any atom is 0.508 e. The number of carbonyl (C=O) groups is 3. The predicted molar refractivity (Wildman–Crippen MR) is 121 cm³/mol. The molecule has 1 unspecified atom stereocenters. The number of carbonyl (C=O) groups excluding carboxylic acids is 3. The molecule has 7 nitrogen and oxygen atoms in total. The summed E-state index contributed by atoms with van der Waals surface area (Å²) in [5, 5.41) is 3.02. The topological polar surface area (TPSA) is 90.9 Å². The smallest absolute Gasteiger partial charge is 0.430 e. The molecule has 2 aliphatic rings. The van der Waals surface area contributed by atoms with E-state index in [1.54, 1.807) is 6.92 Å². The third-order valence-corrected chi connectivity index (χ3v) is 11.6. The number of ketones is 1.